The fourth-order valence-electron chi connectivity index (χ4n) is 1.85. The van der Waals surface area contributed by atoms with Gasteiger partial charge in [-0.1, -0.05) is 0 Å². The topological polar surface area (TPSA) is 21.3 Å². The highest BCUT2D eigenvalue weighted by Gasteiger charge is 2.17. The number of rotatable bonds is 5. The van der Waals surface area contributed by atoms with Crippen LogP contribution in [0.3, 0.4) is 0 Å². The van der Waals surface area contributed by atoms with Crippen molar-refractivity contribution in [1.29, 1.82) is 0 Å². The van der Waals surface area contributed by atoms with Gasteiger partial charge in [-0.3, -0.25) is 0 Å². The summed E-state index contributed by atoms with van der Waals surface area (Å²) >= 11 is 1.93. The smallest absolute Gasteiger partial charge is 0.0468 e. The maximum absolute atomic E-state index is 5.35. The minimum absolute atomic E-state index is 0.693. The molecule has 0 aliphatic carbocycles. The lowest BCUT2D eigenvalue weighted by molar-refractivity contribution is 0.0616. The summed E-state index contributed by atoms with van der Waals surface area (Å²) in [5.41, 5.74) is 0. The molecule has 0 saturated carbocycles. The average Bonchev–Trinajstić information content (AvgIpc) is 2.19. The predicted octanol–water partition coefficient (Wildman–Crippen LogP) is 1.75. The van der Waals surface area contributed by atoms with E-state index in [0.717, 1.165) is 19.1 Å². The molecule has 1 unspecified atom stereocenters. The monoisotopic (exact) mass is 203 g/mol. The third-order valence-electron chi connectivity index (χ3n) is 2.73. The van der Waals surface area contributed by atoms with Crippen LogP contribution in [-0.4, -0.2) is 38.3 Å². The third-order valence-corrected chi connectivity index (χ3v) is 3.47. The van der Waals surface area contributed by atoms with Crippen molar-refractivity contribution in [1.82, 2.24) is 5.32 Å². The van der Waals surface area contributed by atoms with Gasteiger partial charge in [0.2, 0.25) is 0 Å². The summed E-state index contributed by atoms with van der Waals surface area (Å²) in [7, 11) is 2.07. The fraction of sp³-hybridized carbons (Fsp3) is 1.00. The highest BCUT2D eigenvalue weighted by Crippen LogP contribution is 2.20. The van der Waals surface area contributed by atoms with Gasteiger partial charge in [0.15, 0.2) is 0 Å². The summed E-state index contributed by atoms with van der Waals surface area (Å²) in [4.78, 5) is 0. The molecule has 0 aromatic heterocycles. The van der Waals surface area contributed by atoms with E-state index < -0.39 is 0 Å². The lowest BCUT2D eigenvalue weighted by Gasteiger charge is -2.26. The van der Waals surface area contributed by atoms with Gasteiger partial charge in [0.1, 0.15) is 0 Å². The first-order valence-electron chi connectivity index (χ1n) is 5.10. The molecule has 3 heteroatoms. The van der Waals surface area contributed by atoms with E-state index in [0.29, 0.717) is 6.04 Å². The van der Waals surface area contributed by atoms with E-state index in [2.05, 4.69) is 18.6 Å². The number of thioether (sulfide) groups is 1. The second-order valence-corrected chi connectivity index (χ2v) is 4.64. The molecule has 0 aromatic rings. The summed E-state index contributed by atoms with van der Waals surface area (Å²) in [5, 5.41) is 3.39. The molecule has 1 aliphatic rings. The maximum Gasteiger partial charge on any atom is 0.0468 e. The van der Waals surface area contributed by atoms with Gasteiger partial charge in [-0.2, -0.15) is 11.8 Å². The van der Waals surface area contributed by atoms with Gasteiger partial charge in [0.05, 0.1) is 0 Å². The number of hydrogen-bond donors (Lipinski definition) is 1. The molecule has 0 aromatic carbocycles. The minimum atomic E-state index is 0.693. The van der Waals surface area contributed by atoms with Crippen LogP contribution in [0.1, 0.15) is 19.3 Å². The van der Waals surface area contributed by atoms with Crippen LogP contribution in [0.15, 0.2) is 0 Å². The van der Waals surface area contributed by atoms with Crippen molar-refractivity contribution in [2.45, 2.75) is 25.3 Å². The Morgan fingerprint density at radius 3 is 2.69 bits per heavy atom. The summed E-state index contributed by atoms with van der Waals surface area (Å²) in [6.07, 6.45) is 6.01. The van der Waals surface area contributed by atoms with E-state index in [1.54, 1.807) is 0 Å². The van der Waals surface area contributed by atoms with Crippen molar-refractivity contribution in [2.24, 2.45) is 5.92 Å². The van der Waals surface area contributed by atoms with E-state index in [-0.39, 0.29) is 0 Å². The summed E-state index contributed by atoms with van der Waals surface area (Å²) < 4.78 is 5.35. The van der Waals surface area contributed by atoms with Crippen LogP contribution in [0.25, 0.3) is 0 Å². The van der Waals surface area contributed by atoms with Gasteiger partial charge in [-0.05, 0) is 38.5 Å². The molecule has 13 heavy (non-hydrogen) atoms. The summed E-state index contributed by atoms with van der Waals surface area (Å²) in [5.74, 6) is 2.12. The van der Waals surface area contributed by atoms with Crippen LogP contribution >= 0.6 is 11.8 Å². The first kappa shape index (κ1) is 11.3. The fourth-order valence-corrected chi connectivity index (χ4v) is 2.56. The Morgan fingerprint density at radius 1 is 1.46 bits per heavy atom. The van der Waals surface area contributed by atoms with E-state index in [9.17, 15) is 0 Å². The Morgan fingerprint density at radius 2 is 2.15 bits per heavy atom. The zero-order chi connectivity index (χ0) is 9.52. The van der Waals surface area contributed by atoms with Crippen molar-refractivity contribution < 1.29 is 4.74 Å². The Hall–Kier alpha value is 0.270. The van der Waals surface area contributed by atoms with Gasteiger partial charge in [0, 0.05) is 25.0 Å². The summed E-state index contributed by atoms with van der Waals surface area (Å²) in [6.45, 7) is 1.95. The molecule has 1 N–H and O–H groups in total. The Balaban J connectivity index is 2.18. The highest BCUT2D eigenvalue weighted by molar-refractivity contribution is 7.98. The predicted molar refractivity (Wildman–Crippen MR) is 59.4 cm³/mol. The van der Waals surface area contributed by atoms with Crippen molar-refractivity contribution in [2.75, 3.05) is 32.3 Å². The Kier molecular flexibility index (Phi) is 5.83. The molecule has 1 aliphatic heterocycles. The molecule has 1 heterocycles. The van der Waals surface area contributed by atoms with E-state index in [1.807, 2.05) is 11.8 Å². The molecular weight excluding hydrogens is 182 g/mol. The maximum atomic E-state index is 5.35. The van der Waals surface area contributed by atoms with E-state index in [1.165, 1.54) is 25.0 Å². The molecule has 0 amide bonds. The molecule has 1 fully saturated rings. The minimum Gasteiger partial charge on any atom is -0.381 e. The van der Waals surface area contributed by atoms with Crippen LogP contribution in [0, 0.1) is 5.92 Å². The SMILES string of the molecule is CNC(CSC)CC1CCOCC1. The molecule has 78 valence electrons. The van der Waals surface area contributed by atoms with Gasteiger partial charge >= 0.3 is 0 Å². The highest BCUT2D eigenvalue weighted by atomic mass is 32.2. The van der Waals surface area contributed by atoms with Crippen molar-refractivity contribution >= 4 is 11.8 Å². The molecule has 1 rings (SSSR count). The van der Waals surface area contributed by atoms with Crippen molar-refractivity contribution in [3.05, 3.63) is 0 Å². The molecule has 0 spiro atoms. The van der Waals surface area contributed by atoms with Crippen LogP contribution in [-0.2, 0) is 4.74 Å². The zero-order valence-corrected chi connectivity index (χ0v) is 9.53. The normalized spacial score (nSPS) is 21.7. The first-order chi connectivity index (χ1) is 6.36. The number of hydrogen-bond acceptors (Lipinski definition) is 3. The van der Waals surface area contributed by atoms with Crippen LogP contribution in [0.4, 0.5) is 0 Å². The third kappa shape index (κ3) is 4.34. The van der Waals surface area contributed by atoms with Gasteiger partial charge < -0.3 is 10.1 Å². The van der Waals surface area contributed by atoms with E-state index in [4.69, 9.17) is 4.74 Å². The largest absolute Gasteiger partial charge is 0.381 e. The molecule has 0 bridgehead atoms. The van der Waals surface area contributed by atoms with Crippen molar-refractivity contribution in [3.8, 4) is 0 Å². The lowest BCUT2D eigenvalue weighted by atomic mass is 9.93. The quantitative estimate of drug-likeness (QED) is 0.735. The average molecular weight is 203 g/mol. The Labute approximate surface area is 85.8 Å². The molecule has 0 radical (unpaired) electrons. The van der Waals surface area contributed by atoms with E-state index >= 15 is 0 Å². The first-order valence-corrected chi connectivity index (χ1v) is 6.50. The van der Waals surface area contributed by atoms with Gasteiger partial charge in [0.25, 0.3) is 0 Å². The standard InChI is InChI=1S/C10H21NOS/c1-11-10(8-13-2)7-9-3-5-12-6-4-9/h9-11H,3-8H2,1-2H3. The van der Waals surface area contributed by atoms with Gasteiger partial charge in [-0.15, -0.1) is 0 Å². The molecule has 2 nitrogen and oxygen atoms in total. The molecule has 1 saturated heterocycles. The second kappa shape index (κ2) is 6.68. The Bertz CT molecular complexity index is 123. The molecular formula is C10H21NOS. The molecule has 1 atom stereocenters. The van der Waals surface area contributed by atoms with Crippen LogP contribution in [0.5, 0.6) is 0 Å². The van der Waals surface area contributed by atoms with Gasteiger partial charge in [-0.25, -0.2) is 0 Å². The second-order valence-electron chi connectivity index (χ2n) is 3.73. The summed E-state index contributed by atoms with van der Waals surface area (Å²) in [6, 6.07) is 0.693. The lowest BCUT2D eigenvalue weighted by Crippen LogP contribution is -2.32. The van der Waals surface area contributed by atoms with Crippen LogP contribution in [0.2, 0.25) is 0 Å². The van der Waals surface area contributed by atoms with Crippen molar-refractivity contribution in [3.63, 3.8) is 0 Å². The van der Waals surface area contributed by atoms with Crippen LogP contribution < -0.4 is 5.32 Å². The number of nitrogens with one attached hydrogen (secondary N) is 1. The zero-order valence-electron chi connectivity index (χ0n) is 8.71. The number of ether oxygens (including phenoxy) is 1.